The molecule has 0 fully saturated rings. The zero-order chi connectivity index (χ0) is 35.4. The molecule has 6 rings (SSSR count). The molecule has 0 unspecified atom stereocenters. The average molecular weight is 717 g/mol. The van der Waals surface area contributed by atoms with Crippen LogP contribution in [0.1, 0.15) is 11.1 Å². The number of benzene rings is 6. The van der Waals surface area contributed by atoms with Gasteiger partial charge in [-0.2, -0.15) is 13.5 Å². The molecule has 6 aromatic rings. The lowest BCUT2D eigenvalue weighted by Crippen LogP contribution is -2.01. The van der Waals surface area contributed by atoms with Crippen LogP contribution in [0.3, 0.4) is 0 Å². The Morgan fingerprint density at radius 3 is 1.45 bits per heavy atom. The molecular formula is C33H24N4O9S3. The fourth-order valence-electron chi connectivity index (χ4n) is 4.85. The van der Waals surface area contributed by atoms with Gasteiger partial charge in [0, 0.05) is 21.5 Å². The van der Waals surface area contributed by atoms with Gasteiger partial charge in [0.05, 0.1) is 22.7 Å². The second kappa shape index (κ2) is 16.8. The summed E-state index contributed by atoms with van der Waals surface area (Å²) >= 11 is 0. The summed E-state index contributed by atoms with van der Waals surface area (Å²) in [7, 11) is -10.7. The van der Waals surface area contributed by atoms with E-state index in [1.165, 1.54) is 6.07 Å². The molecule has 0 saturated carbocycles. The van der Waals surface area contributed by atoms with Gasteiger partial charge in [0.15, 0.2) is 0 Å². The van der Waals surface area contributed by atoms with Gasteiger partial charge < -0.3 is 0 Å². The van der Waals surface area contributed by atoms with Crippen LogP contribution in [-0.4, -0.2) is 38.2 Å². The van der Waals surface area contributed by atoms with Crippen molar-refractivity contribution in [1.29, 1.82) is 0 Å². The van der Waals surface area contributed by atoms with Gasteiger partial charge in [-0.3, -0.25) is 4.55 Å². The largest absolute Gasteiger partial charge is 0.425 e. The van der Waals surface area contributed by atoms with Gasteiger partial charge in [-0.15, -0.1) is 40.6 Å². The summed E-state index contributed by atoms with van der Waals surface area (Å²) in [4.78, 5) is -0.156. The predicted molar refractivity (Wildman–Crippen MR) is 181 cm³/mol. The van der Waals surface area contributed by atoms with Crippen LogP contribution in [0.25, 0.3) is 21.5 Å². The van der Waals surface area contributed by atoms with E-state index in [0.717, 1.165) is 27.6 Å². The molecule has 0 aliphatic carbocycles. The molecule has 0 spiro atoms. The van der Waals surface area contributed by atoms with E-state index in [0.29, 0.717) is 34.3 Å². The second-order valence-corrected chi connectivity index (χ2v) is 12.1. The Balaban J connectivity index is 0.000000612. The van der Waals surface area contributed by atoms with Crippen LogP contribution in [0.4, 0.5) is 22.7 Å². The lowest BCUT2D eigenvalue weighted by molar-refractivity contribution is 0.484. The summed E-state index contributed by atoms with van der Waals surface area (Å²) in [5.74, 6) is 0. The van der Waals surface area contributed by atoms with Crippen LogP contribution < -0.4 is 0 Å². The highest BCUT2D eigenvalue weighted by atomic mass is 32.2. The van der Waals surface area contributed by atoms with Gasteiger partial charge in [0.25, 0.3) is 10.1 Å². The van der Waals surface area contributed by atoms with Gasteiger partial charge >= 0.3 is 21.2 Å². The van der Waals surface area contributed by atoms with E-state index < -0.39 is 31.3 Å². The SMILES string of the molecule is O=S(=O)(O)c1cccc2c(N=Nc3ccc(N=Nc4ccccc4)c4ccccc34)ccc(Cc3ccccc3)c12.O=S(=O)=O.O=S(=O)=O. The molecule has 0 radical (unpaired) electrons. The summed E-state index contributed by atoms with van der Waals surface area (Å²) in [6.45, 7) is 0. The third-order valence-electron chi connectivity index (χ3n) is 6.75. The van der Waals surface area contributed by atoms with Crippen molar-refractivity contribution in [3.63, 3.8) is 0 Å². The van der Waals surface area contributed by atoms with Crippen molar-refractivity contribution in [1.82, 2.24) is 0 Å². The van der Waals surface area contributed by atoms with Crippen molar-refractivity contribution in [2.24, 2.45) is 20.5 Å². The number of azo groups is 2. The molecule has 0 aromatic heterocycles. The van der Waals surface area contributed by atoms with Gasteiger partial charge in [0.2, 0.25) is 0 Å². The molecular weight excluding hydrogens is 693 g/mol. The van der Waals surface area contributed by atoms with Crippen molar-refractivity contribution < 1.29 is 38.2 Å². The number of nitrogens with zero attached hydrogens (tertiary/aromatic N) is 4. The van der Waals surface area contributed by atoms with Crippen LogP contribution in [0.2, 0.25) is 0 Å². The Morgan fingerprint density at radius 1 is 0.490 bits per heavy atom. The Morgan fingerprint density at radius 2 is 0.918 bits per heavy atom. The van der Waals surface area contributed by atoms with Gasteiger partial charge in [-0.1, -0.05) is 91.0 Å². The van der Waals surface area contributed by atoms with Crippen molar-refractivity contribution in [2.75, 3.05) is 0 Å². The number of fused-ring (bicyclic) bond motifs is 2. The van der Waals surface area contributed by atoms with Crippen LogP contribution in [-0.2, 0) is 37.8 Å². The molecule has 0 amide bonds. The van der Waals surface area contributed by atoms with Crippen LogP contribution in [0.15, 0.2) is 153 Å². The number of hydrogen-bond acceptors (Lipinski definition) is 12. The van der Waals surface area contributed by atoms with Gasteiger partial charge in [-0.05, 0) is 53.9 Å². The van der Waals surface area contributed by atoms with E-state index in [4.69, 9.17) is 25.3 Å². The molecule has 49 heavy (non-hydrogen) atoms. The summed E-state index contributed by atoms with van der Waals surface area (Å²) in [6.07, 6.45) is 0.491. The standard InChI is InChI=1S/C33H24N4O3S.2O3S/c38-41(39,40)32-17-9-16-28-31(19-18-24(33(28)32)22-23-10-3-1-4-11-23)37-36-30-21-20-29(26-14-7-8-15-27(26)30)35-34-25-12-5-2-6-13-25;2*1-4(2)3/h1-21H,22H2,(H,38,39,40);;. The zero-order valence-electron chi connectivity index (χ0n) is 25.1. The third-order valence-corrected chi connectivity index (χ3v) is 7.65. The van der Waals surface area contributed by atoms with Crippen molar-refractivity contribution >= 4 is 75.6 Å². The highest BCUT2D eigenvalue weighted by Gasteiger charge is 2.19. The van der Waals surface area contributed by atoms with Crippen LogP contribution in [0, 0.1) is 0 Å². The van der Waals surface area contributed by atoms with Crippen molar-refractivity contribution in [2.45, 2.75) is 11.3 Å². The first-order valence-electron chi connectivity index (χ1n) is 13.9. The molecule has 248 valence electrons. The zero-order valence-corrected chi connectivity index (χ0v) is 27.5. The van der Waals surface area contributed by atoms with Crippen molar-refractivity contribution in [3.05, 3.63) is 139 Å². The lowest BCUT2D eigenvalue weighted by Gasteiger charge is -2.12. The van der Waals surface area contributed by atoms with Crippen LogP contribution in [0.5, 0.6) is 0 Å². The van der Waals surface area contributed by atoms with Gasteiger partial charge in [0.1, 0.15) is 4.90 Å². The van der Waals surface area contributed by atoms with Crippen molar-refractivity contribution in [3.8, 4) is 0 Å². The molecule has 0 atom stereocenters. The molecule has 16 heteroatoms. The molecule has 0 heterocycles. The fourth-order valence-corrected chi connectivity index (χ4v) is 5.60. The Labute approximate surface area is 283 Å². The topological polar surface area (TPSA) is 206 Å². The fraction of sp³-hybridized carbons (Fsp3) is 0.0303. The summed E-state index contributed by atoms with van der Waals surface area (Å²) in [6, 6.07) is 39.2. The molecule has 0 saturated heterocycles. The van der Waals surface area contributed by atoms with E-state index in [-0.39, 0.29) is 4.90 Å². The first kappa shape index (κ1) is 36.0. The quantitative estimate of drug-likeness (QED) is 0.127. The minimum atomic E-state index is -4.48. The molecule has 13 nitrogen and oxygen atoms in total. The second-order valence-electron chi connectivity index (χ2n) is 9.85. The first-order valence-corrected chi connectivity index (χ1v) is 17.4. The van der Waals surface area contributed by atoms with E-state index >= 15 is 0 Å². The first-order chi connectivity index (χ1) is 23.4. The van der Waals surface area contributed by atoms with E-state index in [2.05, 4.69) is 20.5 Å². The molecule has 1 N–H and O–H groups in total. The highest BCUT2D eigenvalue weighted by Crippen LogP contribution is 2.38. The number of hydrogen-bond donors (Lipinski definition) is 1. The monoisotopic (exact) mass is 716 g/mol. The smallest absolute Gasteiger partial charge is 0.282 e. The summed E-state index contributed by atoms with van der Waals surface area (Å²) in [5.41, 5.74) is 4.36. The summed E-state index contributed by atoms with van der Waals surface area (Å²) < 4.78 is 85.4. The maximum atomic E-state index is 12.3. The van der Waals surface area contributed by atoms with E-state index in [1.54, 1.807) is 12.1 Å². The lowest BCUT2D eigenvalue weighted by atomic mass is 9.97. The Kier molecular flexibility index (Phi) is 12.4. The number of rotatable bonds is 7. The van der Waals surface area contributed by atoms with Crippen LogP contribution >= 0.6 is 0 Å². The molecule has 0 aliphatic rings. The van der Waals surface area contributed by atoms with E-state index in [9.17, 15) is 13.0 Å². The molecule has 6 aromatic carbocycles. The molecule has 0 aliphatic heterocycles. The Hall–Kier alpha value is -5.81. The highest BCUT2D eigenvalue weighted by molar-refractivity contribution is 7.86. The van der Waals surface area contributed by atoms with Gasteiger partial charge in [-0.25, -0.2) is 0 Å². The minimum Gasteiger partial charge on any atom is -0.282 e. The Bertz CT molecular complexity index is 2470. The molecule has 0 bridgehead atoms. The maximum Gasteiger partial charge on any atom is 0.425 e. The maximum absolute atomic E-state index is 12.3. The normalized spacial score (nSPS) is 11.1. The predicted octanol–water partition coefficient (Wildman–Crippen LogP) is 7.65. The average Bonchev–Trinajstić information content (AvgIpc) is 3.07. The van der Waals surface area contributed by atoms with E-state index in [1.807, 2.05) is 109 Å². The minimum absolute atomic E-state index is 0.156. The summed E-state index contributed by atoms with van der Waals surface area (Å²) in [5, 5.41) is 20.6. The third kappa shape index (κ3) is 10.3.